The Morgan fingerprint density at radius 3 is 0.894 bits per heavy atom. The van der Waals surface area contributed by atoms with Crippen LogP contribution in [0.4, 0.5) is 22.0 Å². The molecule has 0 spiro atoms. The number of ether oxygens (including phenoxy) is 11. The molecule has 18 heteroatoms. The quantitative estimate of drug-likeness (QED) is 0.0285. The maximum Gasteiger partial charge on any atom is 0.313 e. The van der Waals surface area contributed by atoms with Gasteiger partial charge >= 0.3 is 5.97 Å². The fourth-order valence-electron chi connectivity index (χ4n) is 3.16. The fourth-order valence-corrected chi connectivity index (χ4v) is 3.16. The van der Waals surface area contributed by atoms with E-state index in [0.29, 0.717) is 112 Å². The number of hydrogen-bond acceptors (Lipinski definition) is 13. The van der Waals surface area contributed by atoms with Crippen LogP contribution in [-0.2, 0) is 52.2 Å². The standard InChI is InChI=1S/C29H46F5NO12/c30-24-25(31)27(33)29(28(34)26(24)32)47-23(36)1-3-37-5-7-39-9-11-41-13-15-43-17-19-45-21-22-46-20-18-44-16-14-42-12-10-40-8-6-38-4-2-35/h1-22,35H2. The lowest BCUT2D eigenvalue weighted by molar-refractivity contribution is -0.136. The first kappa shape index (κ1) is 42.9. The molecular weight excluding hydrogens is 649 g/mol. The van der Waals surface area contributed by atoms with E-state index in [2.05, 4.69) is 4.74 Å². The van der Waals surface area contributed by atoms with Crippen molar-refractivity contribution < 1.29 is 78.9 Å². The van der Waals surface area contributed by atoms with Gasteiger partial charge in [0.1, 0.15) is 0 Å². The molecule has 0 saturated carbocycles. The Labute approximate surface area is 270 Å². The second-order valence-electron chi connectivity index (χ2n) is 9.04. The summed E-state index contributed by atoms with van der Waals surface area (Å²) in [5.74, 6) is -14.1. The number of hydrogen-bond donors (Lipinski definition) is 1. The molecule has 0 heterocycles. The summed E-state index contributed by atoms with van der Waals surface area (Å²) in [6.07, 6.45) is -0.486. The minimum Gasteiger partial charge on any atom is -0.420 e. The zero-order chi connectivity index (χ0) is 34.4. The lowest BCUT2D eigenvalue weighted by Gasteiger charge is -2.09. The second-order valence-corrected chi connectivity index (χ2v) is 9.04. The third kappa shape index (κ3) is 22.2. The molecule has 0 atom stereocenters. The Kier molecular flexibility index (Phi) is 27.4. The Balaban J connectivity index is 1.76. The van der Waals surface area contributed by atoms with Gasteiger partial charge in [-0.15, -0.1) is 0 Å². The van der Waals surface area contributed by atoms with Crippen LogP contribution >= 0.6 is 0 Å². The zero-order valence-electron chi connectivity index (χ0n) is 26.4. The van der Waals surface area contributed by atoms with Crippen molar-refractivity contribution in [2.45, 2.75) is 6.42 Å². The molecule has 0 radical (unpaired) electrons. The van der Waals surface area contributed by atoms with Gasteiger partial charge in [0, 0.05) is 6.54 Å². The monoisotopic (exact) mass is 695 g/mol. The van der Waals surface area contributed by atoms with E-state index in [9.17, 15) is 26.7 Å². The molecule has 0 aromatic heterocycles. The highest BCUT2D eigenvalue weighted by Gasteiger charge is 2.28. The zero-order valence-corrected chi connectivity index (χ0v) is 26.4. The smallest absolute Gasteiger partial charge is 0.313 e. The van der Waals surface area contributed by atoms with Crippen LogP contribution in [-0.4, -0.2) is 145 Å². The van der Waals surface area contributed by atoms with Gasteiger partial charge in [-0.25, -0.2) is 13.2 Å². The lowest BCUT2D eigenvalue weighted by atomic mass is 10.2. The van der Waals surface area contributed by atoms with E-state index in [1.54, 1.807) is 0 Å². The largest absolute Gasteiger partial charge is 0.420 e. The number of carbonyl (C=O) groups is 1. The van der Waals surface area contributed by atoms with Crippen LogP contribution in [0.2, 0.25) is 0 Å². The van der Waals surface area contributed by atoms with Crippen LogP contribution in [0.3, 0.4) is 0 Å². The van der Waals surface area contributed by atoms with Crippen LogP contribution in [0.1, 0.15) is 6.42 Å². The number of esters is 1. The number of halogens is 5. The average Bonchev–Trinajstić information content (AvgIpc) is 3.07. The predicted octanol–water partition coefficient (Wildman–Crippen LogP) is 1.80. The van der Waals surface area contributed by atoms with Crippen LogP contribution in [0, 0.1) is 29.1 Å². The number of benzene rings is 1. The molecular formula is C29H46F5NO12. The number of rotatable bonds is 33. The van der Waals surface area contributed by atoms with Crippen molar-refractivity contribution in [1.29, 1.82) is 0 Å². The molecule has 2 N–H and O–H groups in total. The topological polar surface area (TPSA) is 145 Å². The Morgan fingerprint density at radius 2 is 0.617 bits per heavy atom. The first-order valence-electron chi connectivity index (χ1n) is 15.1. The molecule has 0 amide bonds. The van der Waals surface area contributed by atoms with Crippen LogP contribution in [0.25, 0.3) is 0 Å². The number of nitrogens with two attached hydrogens (primary N) is 1. The molecule has 13 nitrogen and oxygen atoms in total. The molecule has 0 aliphatic carbocycles. The molecule has 0 aliphatic heterocycles. The third-order valence-corrected chi connectivity index (χ3v) is 5.45. The van der Waals surface area contributed by atoms with Crippen LogP contribution < -0.4 is 10.5 Å². The third-order valence-electron chi connectivity index (χ3n) is 5.45. The van der Waals surface area contributed by atoms with Crippen molar-refractivity contribution in [2.24, 2.45) is 5.73 Å². The summed E-state index contributed by atoms with van der Waals surface area (Å²) in [5.41, 5.74) is 5.31. The highest BCUT2D eigenvalue weighted by atomic mass is 19.2. The van der Waals surface area contributed by atoms with E-state index in [1.807, 2.05) is 0 Å². The van der Waals surface area contributed by atoms with Crippen molar-refractivity contribution in [3.8, 4) is 5.75 Å². The SMILES string of the molecule is NCCOCCOCCOCCOCCOCCOCCOCCOCCOCCOCCC(=O)Oc1c(F)c(F)c(F)c(F)c1F. The van der Waals surface area contributed by atoms with Crippen molar-refractivity contribution >= 4 is 5.97 Å². The molecule has 0 saturated heterocycles. The van der Waals surface area contributed by atoms with E-state index in [4.69, 9.17) is 53.1 Å². The van der Waals surface area contributed by atoms with Crippen LogP contribution in [0.15, 0.2) is 0 Å². The van der Waals surface area contributed by atoms with Gasteiger partial charge in [0.2, 0.25) is 34.8 Å². The summed E-state index contributed by atoms with van der Waals surface area (Å²) in [4.78, 5) is 11.6. The molecule has 1 aromatic carbocycles. The van der Waals surface area contributed by atoms with Gasteiger partial charge in [0.05, 0.1) is 139 Å². The summed E-state index contributed by atoms with van der Waals surface area (Å²) >= 11 is 0. The van der Waals surface area contributed by atoms with Gasteiger partial charge in [0.15, 0.2) is 0 Å². The molecule has 0 unspecified atom stereocenters. The first-order chi connectivity index (χ1) is 22.9. The highest BCUT2D eigenvalue weighted by molar-refractivity contribution is 5.72. The van der Waals surface area contributed by atoms with E-state index in [1.165, 1.54) is 0 Å². The molecule has 47 heavy (non-hydrogen) atoms. The van der Waals surface area contributed by atoms with Gasteiger partial charge in [-0.2, -0.15) is 8.78 Å². The summed E-state index contributed by atoms with van der Waals surface area (Å²) in [6.45, 7) is 7.97. The Morgan fingerprint density at radius 1 is 0.383 bits per heavy atom. The fraction of sp³-hybridized carbons (Fsp3) is 0.759. The first-order valence-corrected chi connectivity index (χ1v) is 15.1. The maximum absolute atomic E-state index is 13.5. The summed E-state index contributed by atoms with van der Waals surface area (Å²) in [7, 11) is 0. The minimum atomic E-state index is -2.35. The molecule has 1 aromatic rings. The second kappa shape index (κ2) is 30.0. The van der Waals surface area contributed by atoms with Gasteiger partial charge in [0.25, 0.3) is 0 Å². The minimum absolute atomic E-state index is 0.0814. The molecule has 274 valence electrons. The Hall–Kier alpha value is -2.10. The van der Waals surface area contributed by atoms with Gasteiger partial charge in [-0.05, 0) is 0 Å². The van der Waals surface area contributed by atoms with E-state index in [0.717, 1.165) is 0 Å². The Bertz CT molecular complexity index is 909. The van der Waals surface area contributed by atoms with Crippen molar-refractivity contribution in [3.05, 3.63) is 29.1 Å². The van der Waals surface area contributed by atoms with E-state index < -0.39 is 47.2 Å². The summed E-state index contributed by atoms with van der Waals surface area (Å²) in [5, 5.41) is 0. The van der Waals surface area contributed by atoms with E-state index >= 15 is 0 Å². The van der Waals surface area contributed by atoms with Crippen LogP contribution in [0.5, 0.6) is 5.75 Å². The number of carbonyl (C=O) groups excluding carboxylic acids is 1. The summed E-state index contributed by atoms with van der Waals surface area (Å²) < 4.78 is 124. The molecule has 1 rings (SSSR count). The van der Waals surface area contributed by atoms with Gasteiger partial charge < -0.3 is 57.8 Å². The maximum atomic E-state index is 13.5. The van der Waals surface area contributed by atoms with Crippen molar-refractivity contribution in [1.82, 2.24) is 0 Å². The molecule has 0 aliphatic rings. The summed E-state index contributed by atoms with van der Waals surface area (Å²) in [6, 6.07) is 0. The molecule has 0 bridgehead atoms. The van der Waals surface area contributed by atoms with Crippen molar-refractivity contribution in [3.63, 3.8) is 0 Å². The predicted molar refractivity (Wildman–Crippen MR) is 154 cm³/mol. The average molecular weight is 696 g/mol. The highest BCUT2D eigenvalue weighted by Crippen LogP contribution is 2.29. The van der Waals surface area contributed by atoms with Gasteiger partial charge in [-0.1, -0.05) is 0 Å². The lowest BCUT2D eigenvalue weighted by Crippen LogP contribution is -2.16. The van der Waals surface area contributed by atoms with E-state index in [-0.39, 0.29) is 26.4 Å². The van der Waals surface area contributed by atoms with Gasteiger partial charge in [-0.3, -0.25) is 4.79 Å². The van der Waals surface area contributed by atoms with Crippen molar-refractivity contribution in [2.75, 3.05) is 139 Å². The molecule has 0 fully saturated rings. The normalized spacial score (nSPS) is 11.4.